The average molecular weight is 265 g/mol. The Balaban J connectivity index is 3.35. The van der Waals surface area contributed by atoms with Crippen molar-refractivity contribution < 1.29 is 4.92 Å². The largest absolute Gasteiger partial charge is 0.274 e. The van der Waals surface area contributed by atoms with Crippen LogP contribution in [0, 0.1) is 17.0 Å². The number of rotatable bonds is 2. The lowest BCUT2D eigenvalue weighted by Gasteiger charge is -2.03. The molecule has 0 bridgehead atoms. The molecule has 0 aliphatic heterocycles. The topological polar surface area (TPSA) is 43.1 Å². The van der Waals surface area contributed by atoms with Gasteiger partial charge in [-0.25, -0.2) is 0 Å². The fourth-order valence-electron chi connectivity index (χ4n) is 1.05. The summed E-state index contributed by atoms with van der Waals surface area (Å²) in [5.41, 5.74) is 1.58. The van der Waals surface area contributed by atoms with Crippen molar-refractivity contribution in [3.05, 3.63) is 38.4 Å². The van der Waals surface area contributed by atoms with Crippen LogP contribution in [0.4, 0.5) is 5.69 Å². The Bertz CT molecular complexity index is 354. The van der Waals surface area contributed by atoms with Gasteiger partial charge in [-0.05, 0) is 18.6 Å². The van der Waals surface area contributed by atoms with Crippen LogP contribution in [0.2, 0.25) is 5.02 Å². The highest BCUT2D eigenvalue weighted by Gasteiger charge is 2.14. The monoisotopic (exact) mass is 263 g/mol. The molecule has 70 valence electrons. The van der Waals surface area contributed by atoms with Gasteiger partial charge in [0.25, 0.3) is 5.69 Å². The molecule has 0 saturated carbocycles. The van der Waals surface area contributed by atoms with E-state index in [4.69, 9.17) is 11.6 Å². The lowest BCUT2D eigenvalue weighted by Crippen LogP contribution is -1.95. The zero-order valence-corrected chi connectivity index (χ0v) is 9.22. The van der Waals surface area contributed by atoms with Crippen LogP contribution >= 0.6 is 27.5 Å². The van der Waals surface area contributed by atoms with Crippen LogP contribution in [0.3, 0.4) is 0 Å². The zero-order valence-electron chi connectivity index (χ0n) is 6.88. The van der Waals surface area contributed by atoms with E-state index in [0.717, 1.165) is 5.56 Å². The predicted octanol–water partition coefficient (Wildman–Crippen LogP) is 3.45. The van der Waals surface area contributed by atoms with Crippen molar-refractivity contribution >= 4 is 33.2 Å². The van der Waals surface area contributed by atoms with Gasteiger partial charge in [0.15, 0.2) is 0 Å². The standard InChI is InChI=1S/C8H7BrClNO2/c1-5-6(4-9)2-7(10)3-8(5)11(12)13/h2-3H,4H2,1H3. The SMILES string of the molecule is Cc1c(CBr)cc(Cl)cc1[N+](=O)[O-]. The average Bonchev–Trinajstić information content (AvgIpc) is 2.08. The Hall–Kier alpha value is -0.610. The minimum atomic E-state index is -0.423. The van der Waals surface area contributed by atoms with E-state index in [1.807, 2.05) is 0 Å². The molecular formula is C8H7BrClNO2. The summed E-state index contributed by atoms with van der Waals surface area (Å²) < 4.78 is 0. The summed E-state index contributed by atoms with van der Waals surface area (Å²) in [7, 11) is 0. The Kier molecular flexibility index (Phi) is 3.27. The first-order chi connectivity index (χ1) is 6.06. The fraction of sp³-hybridized carbons (Fsp3) is 0.250. The van der Waals surface area contributed by atoms with E-state index in [9.17, 15) is 10.1 Å². The molecule has 0 atom stereocenters. The highest BCUT2D eigenvalue weighted by molar-refractivity contribution is 9.08. The predicted molar refractivity (Wildman–Crippen MR) is 55.5 cm³/mol. The lowest BCUT2D eigenvalue weighted by molar-refractivity contribution is -0.385. The molecule has 0 heterocycles. The molecule has 0 aliphatic rings. The molecule has 0 radical (unpaired) electrons. The summed E-state index contributed by atoms with van der Waals surface area (Å²) in [6.45, 7) is 1.71. The lowest BCUT2D eigenvalue weighted by atomic mass is 10.1. The molecular weight excluding hydrogens is 257 g/mol. The Morgan fingerprint density at radius 2 is 2.23 bits per heavy atom. The molecule has 0 saturated heterocycles. The number of benzene rings is 1. The maximum atomic E-state index is 10.6. The summed E-state index contributed by atoms with van der Waals surface area (Å²) in [5.74, 6) is 0. The molecule has 1 aromatic carbocycles. The second-order valence-electron chi connectivity index (χ2n) is 2.60. The molecule has 0 aromatic heterocycles. The number of halogens is 2. The van der Waals surface area contributed by atoms with Gasteiger partial charge in [0.05, 0.1) is 4.92 Å². The van der Waals surface area contributed by atoms with Gasteiger partial charge in [-0.15, -0.1) is 0 Å². The quantitative estimate of drug-likeness (QED) is 0.466. The fourth-order valence-corrected chi connectivity index (χ4v) is 1.87. The van der Waals surface area contributed by atoms with Crippen molar-refractivity contribution in [2.45, 2.75) is 12.3 Å². The first-order valence-corrected chi connectivity index (χ1v) is 5.05. The molecule has 0 unspecified atom stereocenters. The molecule has 0 aliphatic carbocycles. The number of nitrogens with zero attached hydrogens (tertiary/aromatic N) is 1. The van der Waals surface area contributed by atoms with Gasteiger partial charge in [0.1, 0.15) is 0 Å². The smallest absolute Gasteiger partial charge is 0.258 e. The molecule has 0 spiro atoms. The maximum Gasteiger partial charge on any atom is 0.274 e. The number of hydrogen-bond acceptors (Lipinski definition) is 2. The summed E-state index contributed by atoms with van der Waals surface area (Å²) in [6, 6.07) is 3.09. The molecule has 0 fully saturated rings. The van der Waals surface area contributed by atoms with E-state index in [1.54, 1.807) is 13.0 Å². The number of nitro groups is 1. The number of alkyl halides is 1. The molecule has 1 aromatic rings. The van der Waals surface area contributed by atoms with Gasteiger partial charge in [-0.3, -0.25) is 10.1 Å². The highest BCUT2D eigenvalue weighted by Crippen LogP contribution is 2.27. The number of nitro benzene ring substituents is 1. The van der Waals surface area contributed by atoms with Crippen LogP contribution < -0.4 is 0 Å². The molecule has 3 nitrogen and oxygen atoms in total. The van der Waals surface area contributed by atoms with Gasteiger partial charge >= 0.3 is 0 Å². The second kappa shape index (κ2) is 4.07. The Labute approximate surface area is 89.0 Å². The van der Waals surface area contributed by atoms with Crippen molar-refractivity contribution in [1.29, 1.82) is 0 Å². The van der Waals surface area contributed by atoms with E-state index in [2.05, 4.69) is 15.9 Å². The first kappa shape index (κ1) is 10.5. The van der Waals surface area contributed by atoms with Gasteiger partial charge in [0.2, 0.25) is 0 Å². The molecule has 5 heteroatoms. The van der Waals surface area contributed by atoms with Gasteiger partial charge in [-0.2, -0.15) is 0 Å². The summed E-state index contributed by atoms with van der Waals surface area (Å²) in [5, 5.41) is 11.5. The van der Waals surface area contributed by atoms with E-state index < -0.39 is 4.92 Å². The van der Waals surface area contributed by atoms with Crippen LogP contribution in [0.5, 0.6) is 0 Å². The third kappa shape index (κ3) is 2.19. The van der Waals surface area contributed by atoms with Crippen LogP contribution in [-0.4, -0.2) is 4.92 Å². The van der Waals surface area contributed by atoms with Crippen molar-refractivity contribution in [2.24, 2.45) is 0 Å². The minimum absolute atomic E-state index is 0.0713. The third-order valence-electron chi connectivity index (χ3n) is 1.79. The van der Waals surface area contributed by atoms with Gasteiger partial charge in [-0.1, -0.05) is 27.5 Å². The van der Waals surface area contributed by atoms with Crippen molar-refractivity contribution in [3.8, 4) is 0 Å². The molecule has 1 rings (SSSR count). The zero-order chi connectivity index (χ0) is 10.0. The third-order valence-corrected chi connectivity index (χ3v) is 2.62. The van der Waals surface area contributed by atoms with Crippen molar-refractivity contribution in [1.82, 2.24) is 0 Å². The van der Waals surface area contributed by atoms with Gasteiger partial charge in [0, 0.05) is 22.0 Å². The summed E-state index contributed by atoms with van der Waals surface area (Å²) in [6.07, 6.45) is 0. The van der Waals surface area contributed by atoms with Crippen LogP contribution in [-0.2, 0) is 5.33 Å². The molecule has 0 N–H and O–H groups in total. The Morgan fingerprint density at radius 1 is 1.62 bits per heavy atom. The van der Waals surface area contributed by atoms with Crippen LogP contribution in [0.1, 0.15) is 11.1 Å². The summed E-state index contributed by atoms with van der Waals surface area (Å²) >= 11 is 8.96. The van der Waals surface area contributed by atoms with Crippen molar-refractivity contribution in [2.75, 3.05) is 0 Å². The van der Waals surface area contributed by atoms with E-state index in [1.165, 1.54) is 6.07 Å². The first-order valence-electron chi connectivity index (χ1n) is 3.55. The minimum Gasteiger partial charge on any atom is -0.258 e. The van der Waals surface area contributed by atoms with E-state index >= 15 is 0 Å². The van der Waals surface area contributed by atoms with Crippen LogP contribution in [0.15, 0.2) is 12.1 Å². The van der Waals surface area contributed by atoms with E-state index in [0.29, 0.717) is 15.9 Å². The highest BCUT2D eigenvalue weighted by atomic mass is 79.9. The van der Waals surface area contributed by atoms with Gasteiger partial charge < -0.3 is 0 Å². The van der Waals surface area contributed by atoms with Crippen LogP contribution in [0.25, 0.3) is 0 Å². The number of hydrogen-bond donors (Lipinski definition) is 0. The normalized spacial score (nSPS) is 10.1. The Morgan fingerprint density at radius 3 is 2.69 bits per heavy atom. The van der Waals surface area contributed by atoms with E-state index in [-0.39, 0.29) is 5.69 Å². The molecule has 13 heavy (non-hydrogen) atoms. The maximum absolute atomic E-state index is 10.6. The molecule has 0 amide bonds. The summed E-state index contributed by atoms with van der Waals surface area (Å²) in [4.78, 5) is 10.2. The van der Waals surface area contributed by atoms with Crippen molar-refractivity contribution in [3.63, 3.8) is 0 Å². The second-order valence-corrected chi connectivity index (χ2v) is 3.60.